The van der Waals surface area contributed by atoms with Crippen LogP contribution in [0, 0.1) is 0 Å². The van der Waals surface area contributed by atoms with Gasteiger partial charge in [0.25, 0.3) is 0 Å². The fraction of sp³-hybridized carbons (Fsp3) is 0.235. The van der Waals surface area contributed by atoms with E-state index in [4.69, 9.17) is 9.97 Å². The summed E-state index contributed by atoms with van der Waals surface area (Å²) >= 11 is 0. The molecule has 0 aliphatic carbocycles. The molecule has 0 bridgehead atoms. The summed E-state index contributed by atoms with van der Waals surface area (Å²) in [5.74, 6) is 0. The molecule has 70 heavy (non-hydrogen) atoms. The average Bonchev–Trinajstić information content (AvgIpc) is 3.35. The van der Waals surface area contributed by atoms with Crippen molar-refractivity contribution in [2.45, 2.75) is 105 Å². The fourth-order valence-electron chi connectivity index (χ4n) is 9.51. The van der Waals surface area contributed by atoms with Gasteiger partial charge in [-0.15, -0.1) is 0 Å². The van der Waals surface area contributed by atoms with Crippen LogP contribution in [-0.2, 0) is 21.7 Å². The summed E-state index contributed by atoms with van der Waals surface area (Å²) in [7, 11) is 0. The highest BCUT2D eigenvalue weighted by atomic mass is 14.7. The van der Waals surface area contributed by atoms with Gasteiger partial charge in [0.05, 0.1) is 11.4 Å². The Kier molecular flexibility index (Phi) is 12.7. The topological polar surface area (TPSA) is 25.8 Å². The Morgan fingerprint density at radius 3 is 0.886 bits per heavy atom. The first kappa shape index (κ1) is 47.9. The van der Waals surface area contributed by atoms with Gasteiger partial charge in [-0.25, -0.2) is 0 Å². The molecule has 0 aliphatic rings. The lowest BCUT2D eigenvalue weighted by molar-refractivity contribution is 0.568. The molecule has 0 unspecified atom stereocenters. The first-order valence-corrected chi connectivity index (χ1v) is 25.0. The molecular weight excluding hydrogens is 845 g/mol. The first-order valence-electron chi connectivity index (χ1n) is 25.0. The normalized spacial score (nSPS) is 12.3. The Hall–Kier alpha value is -7.16. The highest BCUT2D eigenvalue weighted by Crippen LogP contribution is 2.46. The molecule has 7 aromatic carbocycles. The van der Waals surface area contributed by atoms with Crippen molar-refractivity contribution in [1.82, 2.24) is 9.97 Å². The van der Waals surface area contributed by atoms with Crippen LogP contribution < -0.4 is 0 Å². The minimum atomic E-state index is -0.0306. The van der Waals surface area contributed by atoms with Crippen molar-refractivity contribution in [2.24, 2.45) is 0 Å². The quantitative estimate of drug-likeness (QED) is 0.152. The lowest BCUT2D eigenvalue weighted by Crippen LogP contribution is -2.16. The van der Waals surface area contributed by atoms with Crippen molar-refractivity contribution in [3.63, 3.8) is 0 Å². The first-order chi connectivity index (χ1) is 33.2. The Labute approximate surface area is 418 Å². The van der Waals surface area contributed by atoms with Crippen LogP contribution in [0.25, 0.3) is 89.3 Å². The molecule has 0 saturated heterocycles. The van der Waals surface area contributed by atoms with E-state index in [1.165, 1.54) is 89.0 Å². The number of rotatable bonds is 8. The van der Waals surface area contributed by atoms with Crippen LogP contribution in [0.4, 0.5) is 0 Å². The smallest absolute Gasteiger partial charge is 0.0702 e. The highest BCUT2D eigenvalue weighted by Gasteiger charge is 2.25. The molecule has 0 atom stereocenters. The standard InChI is InChI=1S/C68H68N2/c1-65(2,3)51-37-49(38-52(43-51)66(4,5)6)61-41-47(63-28-17-19-34-69-63)30-32-59(61)57-26-15-13-24-55(57)45-22-21-23-46(36-45)56-25-14-16-27-58(56)60-33-31-48(64-29-18-20-35-70-64)42-62(60)50-39-53(67(7,8)9)44-54(40-50)68(10,11)12/h13-44H,1-12H3. The average molecular weight is 913 g/mol. The number of benzene rings is 7. The third kappa shape index (κ3) is 10.1. The molecule has 0 radical (unpaired) electrons. The summed E-state index contributed by atoms with van der Waals surface area (Å²) in [5.41, 5.74) is 23.6. The Morgan fingerprint density at radius 1 is 0.229 bits per heavy atom. The van der Waals surface area contributed by atoms with Crippen LogP contribution in [0.3, 0.4) is 0 Å². The van der Waals surface area contributed by atoms with Crippen molar-refractivity contribution < 1.29 is 0 Å². The summed E-state index contributed by atoms with van der Waals surface area (Å²) in [6.07, 6.45) is 3.76. The maximum absolute atomic E-state index is 4.80. The van der Waals surface area contributed by atoms with E-state index in [9.17, 15) is 0 Å². The molecule has 0 amide bonds. The summed E-state index contributed by atoms with van der Waals surface area (Å²) in [6.45, 7) is 27.8. The monoisotopic (exact) mass is 913 g/mol. The molecule has 0 fully saturated rings. The van der Waals surface area contributed by atoms with Crippen LogP contribution in [0.1, 0.15) is 105 Å². The van der Waals surface area contributed by atoms with Crippen molar-refractivity contribution in [3.8, 4) is 89.3 Å². The maximum Gasteiger partial charge on any atom is 0.0702 e. The van der Waals surface area contributed by atoms with Crippen LogP contribution in [0.5, 0.6) is 0 Å². The number of hydrogen-bond donors (Lipinski definition) is 0. The van der Waals surface area contributed by atoms with Crippen molar-refractivity contribution in [2.75, 3.05) is 0 Å². The summed E-state index contributed by atoms with van der Waals surface area (Å²) < 4.78 is 0. The van der Waals surface area contributed by atoms with Gasteiger partial charge < -0.3 is 0 Å². The maximum atomic E-state index is 4.80. The van der Waals surface area contributed by atoms with Gasteiger partial charge in [0, 0.05) is 23.5 Å². The molecule has 0 N–H and O–H groups in total. The van der Waals surface area contributed by atoms with E-state index in [2.05, 4.69) is 253 Å². The molecular formula is C68H68N2. The van der Waals surface area contributed by atoms with E-state index in [0.29, 0.717) is 0 Å². The molecule has 2 aromatic heterocycles. The Balaban J connectivity index is 1.22. The predicted molar refractivity (Wildman–Crippen MR) is 300 cm³/mol. The van der Waals surface area contributed by atoms with Gasteiger partial charge in [0.2, 0.25) is 0 Å². The fourth-order valence-corrected chi connectivity index (χ4v) is 9.51. The zero-order valence-electron chi connectivity index (χ0n) is 43.4. The zero-order valence-corrected chi connectivity index (χ0v) is 43.4. The van der Waals surface area contributed by atoms with E-state index >= 15 is 0 Å². The molecule has 9 rings (SSSR count). The second-order valence-electron chi connectivity index (χ2n) is 23.2. The number of nitrogens with zero attached hydrogens (tertiary/aromatic N) is 2. The van der Waals surface area contributed by atoms with E-state index in [0.717, 1.165) is 22.5 Å². The summed E-state index contributed by atoms with van der Waals surface area (Å²) in [5, 5.41) is 0. The van der Waals surface area contributed by atoms with Gasteiger partial charge in [-0.3, -0.25) is 9.97 Å². The van der Waals surface area contributed by atoms with E-state index in [-0.39, 0.29) is 21.7 Å². The summed E-state index contributed by atoms with van der Waals surface area (Å²) in [4.78, 5) is 9.59. The second kappa shape index (κ2) is 18.6. The van der Waals surface area contributed by atoms with Gasteiger partial charge >= 0.3 is 0 Å². The van der Waals surface area contributed by atoms with Gasteiger partial charge in [-0.2, -0.15) is 0 Å². The lowest BCUT2D eigenvalue weighted by Gasteiger charge is -2.27. The van der Waals surface area contributed by atoms with Crippen molar-refractivity contribution >= 4 is 0 Å². The third-order valence-corrected chi connectivity index (χ3v) is 13.8. The highest BCUT2D eigenvalue weighted by molar-refractivity contribution is 5.97. The molecule has 2 nitrogen and oxygen atoms in total. The van der Waals surface area contributed by atoms with Crippen LogP contribution >= 0.6 is 0 Å². The molecule has 350 valence electrons. The van der Waals surface area contributed by atoms with Crippen LogP contribution in [0.2, 0.25) is 0 Å². The van der Waals surface area contributed by atoms with Gasteiger partial charge in [-0.1, -0.05) is 223 Å². The number of aromatic nitrogens is 2. The van der Waals surface area contributed by atoms with Gasteiger partial charge in [0.15, 0.2) is 0 Å². The van der Waals surface area contributed by atoms with Gasteiger partial charge in [0.1, 0.15) is 0 Å². The third-order valence-electron chi connectivity index (χ3n) is 13.8. The van der Waals surface area contributed by atoms with Crippen LogP contribution in [0.15, 0.2) is 194 Å². The molecule has 0 aliphatic heterocycles. The predicted octanol–water partition coefficient (Wildman–Crippen LogP) is 19.0. The molecule has 2 heterocycles. The number of pyridine rings is 2. The van der Waals surface area contributed by atoms with Crippen molar-refractivity contribution in [3.05, 3.63) is 217 Å². The largest absolute Gasteiger partial charge is 0.256 e. The van der Waals surface area contributed by atoms with E-state index in [1.54, 1.807) is 0 Å². The van der Waals surface area contributed by atoms with Crippen LogP contribution in [-0.4, -0.2) is 9.97 Å². The molecule has 0 spiro atoms. The summed E-state index contributed by atoms with van der Waals surface area (Å²) in [6, 6.07) is 67.6. The van der Waals surface area contributed by atoms with Gasteiger partial charge in [-0.05, 0) is 153 Å². The minimum absolute atomic E-state index is 0.0306. The number of hydrogen-bond acceptors (Lipinski definition) is 2. The Bertz CT molecular complexity index is 3040. The Morgan fingerprint density at radius 2 is 0.557 bits per heavy atom. The lowest BCUT2D eigenvalue weighted by atomic mass is 9.78. The molecule has 9 aromatic rings. The van der Waals surface area contributed by atoms with Crippen molar-refractivity contribution in [1.29, 1.82) is 0 Å². The second-order valence-corrected chi connectivity index (χ2v) is 23.2. The van der Waals surface area contributed by atoms with E-state index < -0.39 is 0 Å². The molecule has 2 heteroatoms. The molecule has 0 saturated carbocycles. The van der Waals surface area contributed by atoms with E-state index in [1.807, 2.05) is 24.5 Å². The minimum Gasteiger partial charge on any atom is -0.256 e. The SMILES string of the molecule is CC(C)(C)c1cc(-c2cc(-c3ccccn3)ccc2-c2ccccc2-c2cccc(-c3ccccc3-c3ccc(-c4ccccn4)cc3-c3cc(C(C)(C)C)cc(C(C)(C)C)c3)c2)cc(C(C)(C)C)c1. The zero-order chi connectivity index (χ0) is 49.6.